The third-order valence-corrected chi connectivity index (χ3v) is 3.15. The molecule has 0 aliphatic heterocycles. The molecular formula is C14H16Cl2N2O5. The van der Waals surface area contributed by atoms with Gasteiger partial charge in [-0.15, -0.1) is 0 Å². The predicted octanol–water partition coefficient (Wildman–Crippen LogP) is 2.61. The monoisotopic (exact) mass is 362 g/mol. The van der Waals surface area contributed by atoms with Gasteiger partial charge in [-0.25, -0.2) is 14.4 Å². The molecule has 2 amide bonds. The van der Waals surface area contributed by atoms with Crippen LogP contribution in [0.5, 0.6) is 0 Å². The number of carbonyl (C=O) groups is 3. The number of benzene rings is 1. The molecule has 7 nitrogen and oxygen atoms in total. The fourth-order valence-corrected chi connectivity index (χ4v) is 2.06. The molecule has 2 N–H and O–H groups in total. The number of hydrogen-bond donors (Lipinski definition) is 2. The van der Waals surface area contributed by atoms with Crippen LogP contribution in [0.1, 0.15) is 13.8 Å². The Kier molecular flexibility index (Phi) is 7.64. The smallest absolute Gasteiger partial charge is 0.340 e. The van der Waals surface area contributed by atoms with Crippen LogP contribution in [-0.2, 0) is 19.1 Å². The highest BCUT2D eigenvalue weighted by atomic mass is 35.5. The van der Waals surface area contributed by atoms with Crippen molar-refractivity contribution in [2.45, 2.75) is 19.9 Å². The van der Waals surface area contributed by atoms with Gasteiger partial charge in [0, 0.05) is 0 Å². The minimum absolute atomic E-state index is 0.0500. The van der Waals surface area contributed by atoms with Crippen molar-refractivity contribution in [1.82, 2.24) is 5.32 Å². The third-order valence-electron chi connectivity index (χ3n) is 2.52. The highest BCUT2D eigenvalue weighted by molar-refractivity contribution is 6.39. The van der Waals surface area contributed by atoms with E-state index in [-0.39, 0.29) is 28.9 Å². The summed E-state index contributed by atoms with van der Waals surface area (Å²) < 4.78 is 9.47. The predicted molar refractivity (Wildman–Crippen MR) is 85.7 cm³/mol. The van der Waals surface area contributed by atoms with Gasteiger partial charge in [0.2, 0.25) is 6.04 Å². The fraction of sp³-hybridized carbons (Fsp3) is 0.357. The van der Waals surface area contributed by atoms with E-state index in [1.165, 1.54) is 12.1 Å². The first kappa shape index (κ1) is 19.1. The van der Waals surface area contributed by atoms with Gasteiger partial charge < -0.3 is 20.1 Å². The van der Waals surface area contributed by atoms with Crippen molar-refractivity contribution in [3.05, 3.63) is 28.2 Å². The molecule has 9 heteroatoms. The number of nitrogens with one attached hydrogen (secondary N) is 2. The van der Waals surface area contributed by atoms with Crippen LogP contribution in [0, 0.1) is 0 Å². The van der Waals surface area contributed by atoms with Gasteiger partial charge in [0.25, 0.3) is 0 Å². The lowest BCUT2D eigenvalue weighted by Crippen LogP contribution is -2.49. The summed E-state index contributed by atoms with van der Waals surface area (Å²) in [5, 5.41) is 4.96. The van der Waals surface area contributed by atoms with Gasteiger partial charge in [-0.3, -0.25) is 0 Å². The summed E-state index contributed by atoms with van der Waals surface area (Å²) in [5.74, 6) is -1.85. The molecule has 0 radical (unpaired) electrons. The second-order valence-electron chi connectivity index (χ2n) is 4.13. The molecule has 0 aliphatic rings. The maximum absolute atomic E-state index is 12.0. The van der Waals surface area contributed by atoms with Crippen LogP contribution in [0.4, 0.5) is 10.5 Å². The molecule has 1 aromatic rings. The van der Waals surface area contributed by atoms with Crippen molar-refractivity contribution < 1.29 is 23.9 Å². The van der Waals surface area contributed by atoms with Crippen LogP contribution in [0.25, 0.3) is 0 Å². The lowest BCUT2D eigenvalue weighted by atomic mass is 10.3. The van der Waals surface area contributed by atoms with E-state index in [1.54, 1.807) is 19.9 Å². The summed E-state index contributed by atoms with van der Waals surface area (Å²) in [4.78, 5) is 35.5. The van der Waals surface area contributed by atoms with Crippen LogP contribution in [0.3, 0.4) is 0 Å². The number of hydrogen-bond acceptors (Lipinski definition) is 5. The number of amides is 2. The van der Waals surface area contributed by atoms with Crippen molar-refractivity contribution >= 4 is 46.9 Å². The molecule has 0 aliphatic carbocycles. The summed E-state index contributed by atoms with van der Waals surface area (Å²) in [6.45, 7) is 3.25. The second kappa shape index (κ2) is 9.22. The van der Waals surface area contributed by atoms with E-state index in [0.29, 0.717) is 0 Å². The molecule has 0 saturated heterocycles. The molecule has 0 spiro atoms. The van der Waals surface area contributed by atoms with Crippen molar-refractivity contribution in [3.63, 3.8) is 0 Å². The van der Waals surface area contributed by atoms with Crippen LogP contribution < -0.4 is 10.6 Å². The number of para-hydroxylation sites is 1. The van der Waals surface area contributed by atoms with E-state index >= 15 is 0 Å². The Balaban J connectivity index is 2.84. The summed E-state index contributed by atoms with van der Waals surface area (Å²) in [7, 11) is 0. The fourth-order valence-electron chi connectivity index (χ4n) is 1.56. The number of urea groups is 1. The quantitative estimate of drug-likeness (QED) is 0.599. The molecule has 126 valence electrons. The first-order chi connectivity index (χ1) is 10.9. The normalized spacial score (nSPS) is 10.1. The molecule has 0 unspecified atom stereocenters. The molecule has 1 aromatic carbocycles. The van der Waals surface area contributed by atoms with Gasteiger partial charge in [-0.05, 0) is 26.0 Å². The van der Waals surface area contributed by atoms with Crippen LogP contribution in [-0.4, -0.2) is 37.2 Å². The van der Waals surface area contributed by atoms with Gasteiger partial charge in [0.05, 0.1) is 28.9 Å². The average molecular weight is 363 g/mol. The number of anilines is 1. The number of esters is 2. The Morgan fingerprint density at radius 3 is 1.96 bits per heavy atom. The third kappa shape index (κ3) is 5.61. The van der Waals surface area contributed by atoms with Gasteiger partial charge in [-0.1, -0.05) is 29.3 Å². The summed E-state index contributed by atoms with van der Waals surface area (Å²) >= 11 is 11.8. The van der Waals surface area contributed by atoms with E-state index in [1.807, 2.05) is 0 Å². The van der Waals surface area contributed by atoms with E-state index in [4.69, 9.17) is 32.7 Å². The minimum atomic E-state index is -1.59. The van der Waals surface area contributed by atoms with Crippen molar-refractivity contribution in [2.24, 2.45) is 0 Å². The van der Waals surface area contributed by atoms with Crippen LogP contribution in [0.15, 0.2) is 18.2 Å². The molecule has 1 rings (SSSR count). The van der Waals surface area contributed by atoms with Crippen LogP contribution in [0.2, 0.25) is 10.0 Å². The van der Waals surface area contributed by atoms with E-state index in [0.717, 1.165) is 0 Å². The largest absolute Gasteiger partial charge is 0.464 e. The molecule has 0 heterocycles. The summed E-state index contributed by atoms with van der Waals surface area (Å²) in [6.07, 6.45) is 0. The van der Waals surface area contributed by atoms with Crippen LogP contribution >= 0.6 is 23.2 Å². The average Bonchev–Trinajstić information content (AvgIpc) is 2.49. The van der Waals surface area contributed by atoms with Gasteiger partial charge >= 0.3 is 18.0 Å². The van der Waals surface area contributed by atoms with E-state index in [2.05, 4.69) is 10.6 Å². The molecular weight excluding hydrogens is 347 g/mol. The zero-order valence-electron chi connectivity index (χ0n) is 12.5. The molecule has 0 fully saturated rings. The van der Waals surface area contributed by atoms with Crippen molar-refractivity contribution in [2.75, 3.05) is 18.5 Å². The highest BCUT2D eigenvalue weighted by Gasteiger charge is 2.31. The molecule has 0 aromatic heterocycles. The molecule has 0 saturated carbocycles. The summed E-state index contributed by atoms with van der Waals surface area (Å²) in [6, 6.07) is 2.21. The zero-order valence-corrected chi connectivity index (χ0v) is 14.0. The SMILES string of the molecule is CCOC(=O)C(NC(=O)Nc1c(Cl)cccc1Cl)C(=O)OCC. The van der Waals surface area contributed by atoms with Gasteiger partial charge in [0.1, 0.15) is 0 Å². The maximum Gasteiger partial charge on any atom is 0.340 e. The zero-order chi connectivity index (χ0) is 17.4. The van der Waals surface area contributed by atoms with Gasteiger partial charge in [0.15, 0.2) is 0 Å². The second-order valence-corrected chi connectivity index (χ2v) is 4.95. The first-order valence-electron chi connectivity index (χ1n) is 6.75. The Labute approximate surface area is 143 Å². The lowest BCUT2D eigenvalue weighted by Gasteiger charge is -2.17. The Morgan fingerprint density at radius 1 is 1.04 bits per heavy atom. The summed E-state index contributed by atoms with van der Waals surface area (Å²) in [5.41, 5.74) is 0.153. The number of rotatable bonds is 6. The first-order valence-corrected chi connectivity index (χ1v) is 7.51. The Bertz CT molecular complexity index is 556. The molecule has 0 bridgehead atoms. The number of halogens is 2. The molecule has 0 atom stereocenters. The highest BCUT2D eigenvalue weighted by Crippen LogP contribution is 2.29. The van der Waals surface area contributed by atoms with Gasteiger partial charge in [-0.2, -0.15) is 0 Å². The Hall–Kier alpha value is -1.99. The number of carbonyl (C=O) groups excluding carboxylic acids is 3. The van der Waals surface area contributed by atoms with Crippen molar-refractivity contribution in [1.29, 1.82) is 0 Å². The maximum atomic E-state index is 12.0. The topological polar surface area (TPSA) is 93.7 Å². The number of ether oxygens (including phenoxy) is 2. The van der Waals surface area contributed by atoms with E-state index in [9.17, 15) is 14.4 Å². The minimum Gasteiger partial charge on any atom is -0.464 e. The van der Waals surface area contributed by atoms with Crippen molar-refractivity contribution in [3.8, 4) is 0 Å². The van der Waals surface area contributed by atoms with E-state index < -0.39 is 24.0 Å². The molecule has 23 heavy (non-hydrogen) atoms. The Morgan fingerprint density at radius 2 is 1.52 bits per heavy atom. The lowest BCUT2D eigenvalue weighted by molar-refractivity contribution is -0.157. The standard InChI is InChI=1S/C14H16Cl2N2O5/c1-3-22-12(19)11(13(20)23-4-2)18-14(21)17-10-8(15)6-5-7-9(10)16/h5-7,11H,3-4H2,1-2H3,(H2,17,18,21).